The summed E-state index contributed by atoms with van der Waals surface area (Å²) < 4.78 is 5.23. The van der Waals surface area contributed by atoms with Crippen molar-refractivity contribution >= 4 is 11.8 Å². The molecule has 1 aliphatic carbocycles. The van der Waals surface area contributed by atoms with E-state index < -0.39 is 16.9 Å². The first-order valence-corrected chi connectivity index (χ1v) is 6.56. The zero-order chi connectivity index (χ0) is 14.0. The van der Waals surface area contributed by atoms with Crippen molar-refractivity contribution in [3.8, 4) is 0 Å². The third-order valence-corrected chi connectivity index (χ3v) is 3.62. The number of rotatable bonds is 2. The molecule has 2 atom stereocenters. The highest BCUT2D eigenvalue weighted by Crippen LogP contribution is 2.33. The highest BCUT2D eigenvalue weighted by atomic mass is 16.5. The van der Waals surface area contributed by atoms with Gasteiger partial charge in [0.1, 0.15) is 12.4 Å². The lowest BCUT2D eigenvalue weighted by atomic mass is 9.79. The van der Waals surface area contributed by atoms with Crippen LogP contribution in [-0.2, 0) is 14.3 Å². The Kier molecular flexibility index (Phi) is 4.54. The number of ketones is 1. The molecule has 1 N–H and O–H groups in total. The van der Waals surface area contributed by atoms with E-state index in [9.17, 15) is 14.7 Å². The Hall–Kier alpha value is -0.900. The molecule has 0 aliphatic heterocycles. The fraction of sp³-hybridized carbons (Fsp3) is 0.857. The van der Waals surface area contributed by atoms with Crippen molar-refractivity contribution in [2.75, 3.05) is 6.61 Å². The largest absolute Gasteiger partial charge is 0.464 e. The van der Waals surface area contributed by atoms with Gasteiger partial charge in [-0.3, -0.25) is 9.59 Å². The van der Waals surface area contributed by atoms with E-state index >= 15 is 0 Å². The SMILES string of the molecule is CC(C)(C)C(=O)OC[C@]1(C)C(=O)CCCC[C@@H]1O. The van der Waals surface area contributed by atoms with Gasteiger partial charge >= 0.3 is 5.97 Å². The van der Waals surface area contributed by atoms with Crippen LogP contribution in [0.4, 0.5) is 0 Å². The van der Waals surface area contributed by atoms with Crippen LogP contribution in [0.2, 0.25) is 0 Å². The standard InChI is InChI=1S/C14H24O4/c1-13(2,3)12(17)18-9-14(4)10(15)7-5-6-8-11(14)16/h10,15H,5-9H2,1-4H3/t10-,14-/m0/s1. The minimum Gasteiger partial charge on any atom is -0.464 e. The molecule has 0 aromatic heterocycles. The minimum absolute atomic E-state index is 0.00536. The van der Waals surface area contributed by atoms with E-state index in [0.29, 0.717) is 12.8 Å². The number of Topliss-reactive ketones (excluding diaryl/α,β-unsaturated/α-hetero) is 1. The second-order valence-electron chi connectivity index (χ2n) is 6.43. The van der Waals surface area contributed by atoms with Crippen LogP contribution in [0.25, 0.3) is 0 Å². The highest BCUT2D eigenvalue weighted by Gasteiger charge is 2.43. The van der Waals surface area contributed by atoms with E-state index in [-0.39, 0.29) is 18.4 Å². The van der Waals surface area contributed by atoms with Gasteiger partial charge in [0.25, 0.3) is 0 Å². The van der Waals surface area contributed by atoms with Gasteiger partial charge in [0, 0.05) is 6.42 Å². The maximum absolute atomic E-state index is 12.1. The van der Waals surface area contributed by atoms with Crippen LogP contribution in [0.5, 0.6) is 0 Å². The first kappa shape index (κ1) is 15.2. The van der Waals surface area contributed by atoms with Crippen molar-refractivity contribution in [3.05, 3.63) is 0 Å². The highest BCUT2D eigenvalue weighted by molar-refractivity contribution is 5.86. The number of carbonyl (C=O) groups is 2. The smallest absolute Gasteiger partial charge is 0.311 e. The molecule has 1 fully saturated rings. The quantitative estimate of drug-likeness (QED) is 0.607. The molecule has 18 heavy (non-hydrogen) atoms. The molecule has 0 saturated heterocycles. The van der Waals surface area contributed by atoms with E-state index in [0.717, 1.165) is 12.8 Å². The van der Waals surface area contributed by atoms with Crippen LogP contribution in [0, 0.1) is 10.8 Å². The van der Waals surface area contributed by atoms with Gasteiger partial charge in [0.05, 0.1) is 16.9 Å². The molecule has 1 aliphatic rings. The molecule has 104 valence electrons. The fourth-order valence-electron chi connectivity index (χ4n) is 2.02. The van der Waals surface area contributed by atoms with Gasteiger partial charge in [-0.2, -0.15) is 0 Å². The maximum Gasteiger partial charge on any atom is 0.311 e. The normalized spacial score (nSPS) is 29.8. The number of aliphatic hydroxyl groups excluding tert-OH is 1. The second-order valence-corrected chi connectivity index (χ2v) is 6.43. The molecule has 0 unspecified atom stereocenters. The van der Waals surface area contributed by atoms with Crippen molar-refractivity contribution in [2.24, 2.45) is 10.8 Å². The van der Waals surface area contributed by atoms with Crippen molar-refractivity contribution < 1.29 is 19.4 Å². The molecule has 0 bridgehead atoms. The van der Waals surface area contributed by atoms with Crippen molar-refractivity contribution in [1.29, 1.82) is 0 Å². The number of hydrogen-bond acceptors (Lipinski definition) is 4. The Morgan fingerprint density at radius 2 is 2.06 bits per heavy atom. The third kappa shape index (κ3) is 3.31. The Balaban J connectivity index is 2.72. The number of carbonyl (C=O) groups excluding carboxylic acids is 2. The Morgan fingerprint density at radius 3 is 2.61 bits per heavy atom. The summed E-state index contributed by atoms with van der Waals surface area (Å²) in [4.78, 5) is 23.8. The monoisotopic (exact) mass is 256 g/mol. The van der Waals surface area contributed by atoms with Crippen LogP contribution in [-0.4, -0.2) is 29.6 Å². The first-order chi connectivity index (χ1) is 8.18. The minimum atomic E-state index is -0.947. The Morgan fingerprint density at radius 1 is 1.44 bits per heavy atom. The molecule has 0 heterocycles. The number of aliphatic hydroxyl groups is 1. The average molecular weight is 256 g/mol. The summed E-state index contributed by atoms with van der Waals surface area (Å²) in [7, 11) is 0. The van der Waals surface area contributed by atoms with Crippen molar-refractivity contribution in [3.63, 3.8) is 0 Å². The van der Waals surface area contributed by atoms with E-state index in [1.807, 2.05) is 0 Å². The van der Waals surface area contributed by atoms with Crippen LogP contribution < -0.4 is 0 Å². The van der Waals surface area contributed by atoms with Crippen LogP contribution in [0.15, 0.2) is 0 Å². The van der Waals surface area contributed by atoms with Gasteiger partial charge < -0.3 is 9.84 Å². The van der Waals surface area contributed by atoms with Crippen molar-refractivity contribution in [2.45, 2.75) is 59.5 Å². The second kappa shape index (κ2) is 5.39. The zero-order valence-corrected chi connectivity index (χ0v) is 11.8. The topological polar surface area (TPSA) is 63.6 Å². The van der Waals surface area contributed by atoms with Gasteiger partial charge in [0.2, 0.25) is 0 Å². The number of ether oxygens (including phenoxy) is 1. The summed E-state index contributed by atoms with van der Waals surface area (Å²) in [6, 6.07) is 0. The lowest BCUT2D eigenvalue weighted by Gasteiger charge is -2.31. The lowest BCUT2D eigenvalue weighted by molar-refractivity contribution is -0.161. The molecular formula is C14H24O4. The van der Waals surface area contributed by atoms with E-state index in [1.54, 1.807) is 27.7 Å². The fourth-order valence-corrected chi connectivity index (χ4v) is 2.02. The molecular weight excluding hydrogens is 232 g/mol. The summed E-state index contributed by atoms with van der Waals surface area (Å²) in [6.07, 6.45) is 1.98. The molecule has 0 spiro atoms. The van der Waals surface area contributed by atoms with Crippen LogP contribution >= 0.6 is 0 Å². The third-order valence-electron chi connectivity index (χ3n) is 3.62. The van der Waals surface area contributed by atoms with Gasteiger partial charge in [-0.25, -0.2) is 0 Å². The first-order valence-electron chi connectivity index (χ1n) is 6.56. The van der Waals surface area contributed by atoms with Gasteiger partial charge in [-0.05, 0) is 40.5 Å². The maximum atomic E-state index is 12.1. The Labute approximate surface area is 109 Å². The lowest BCUT2D eigenvalue weighted by Crippen LogP contribution is -2.44. The summed E-state index contributed by atoms with van der Waals surface area (Å²) in [5.41, 5.74) is -1.54. The van der Waals surface area contributed by atoms with Gasteiger partial charge in [0.15, 0.2) is 0 Å². The molecule has 4 heteroatoms. The van der Waals surface area contributed by atoms with Crippen LogP contribution in [0.1, 0.15) is 53.4 Å². The van der Waals surface area contributed by atoms with E-state index in [1.165, 1.54) is 0 Å². The summed E-state index contributed by atoms with van der Waals surface area (Å²) >= 11 is 0. The molecule has 0 aromatic rings. The van der Waals surface area contributed by atoms with E-state index in [2.05, 4.69) is 0 Å². The van der Waals surface area contributed by atoms with Crippen LogP contribution in [0.3, 0.4) is 0 Å². The molecule has 1 rings (SSSR count). The summed E-state index contributed by atoms with van der Waals surface area (Å²) in [6.45, 7) is 6.97. The predicted octanol–water partition coefficient (Wildman–Crippen LogP) is 2.09. The summed E-state index contributed by atoms with van der Waals surface area (Å²) in [5.74, 6) is -0.345. The predicted molar refractivity (Wildman–Crippen MR) is 68.0 cm³/mol. The summed E-state index contributed by atoms with van der Waals surface area (Å²) in [5, 5.41) is 10.1. The zero-order valence-electron chi connectivity index (χ0n) is 11.8. The molecule has 0 amide bonds. The molecule has 1 saturated carbocycles. The Bertz CT molecular complexity index is 329. The van der Waals surface area contributed by atoms with Gasteiger partial charge in [-0.15, -0.1) is 0 Å². The molecule has 0 radical (unpaired) electrons. The number of esters is 1. The van der Waals surface area contributed by atoms with E-state index in [4.69, 9.17) is 4.74 Å². The molecule has 0 aromatic carbocycles. The van der Waals surface area contributed by atoms with Crippen molar-refractivity contribution in [1.82, 2.24) is 0 Å². The average Bonchev–Trinajstić information content (AvgIpc) is 2.39. The van der Waals surface area contributed by atoms with Gasteiger partial charge in [-0.1, -0.05) is 6.42 Å². The number of hydrogen-bond donors (Lipinski definition) is 1. The molecule has 4 nitrogen and oxygen atoms in total.